The monoisotopic (exact) mass is 276 g/mol. The zero-order chi connectivity index (χ0) is 15.2. The molecule has 0 fully saturated rings. The molecule has 0 aromatic heterocycles. The molecule has 4 nitrogen and oxygen atoms in total. The van der Waals surface area contributed by atoms with Gasteiger partial charge in [0.25, 0.3) is 0 Å². The van der Waals surface area contributed by atoms with E-state index in [-0.39, 0.29) is 11.2 Å². The highest BCUT2D eigenvalue weighted by molar-refractivity contribution is 4.67. The first-order valence-corrected chi connectivity index (χ1v) is 7.27. The lowest BCUT2D eigenvalue weighted by molar-refractivity contribution is -0.543. The molecule has 0 rings (SSSR count). The molecule has 0 atom stereocenters. The van der Waals surface area contributed by atoms with E-state index in [2.05, 4.69) is 6.92 Å². The van der Waals surface area contributed by atoms with E-state index < -0.39 is 5.79 Å². The van der Waals surface area contributed by atoms with Crippen molar-refractivity contribution in [1.29, 1.82) is 0 Å². The minimum atomic E-state index is -0.837. The fourth-order valence-corrected chi connectivity index (χ4v) is 1.24. The summed E-state index contributed by atoms with van der Waals surface area (Å²) in [6.07, 6.45) is 3.47. The summed E-state index contributed by atoms with van der Waals surface area (Å²) in [5.41, 5.74) is -0.755. The summed E-state index contributed by atoms with van der Waals surface area (Å²) in [5.74, 6) is -0.837. The van der Waals surface area contributed by atoms with Crippen molar-refractivity contribution in [3.63, 3.8) is 0 Å². The molecule has 0 saturated carbocycles. The third kappa shape index (κ3) is 9.38. The zero-order valence-electron chi connectivity index (χ0n) is 14.0. The van der Waals surface area contributed by atoms with Crippen LogP contribution in [0.15, 0.2) is 0 Å². The van der Waals surface area contributed by atoms with Crippen LogP contribution < -0.4 is 0 Å². The molecule has 19 heavy (non-hydrogen) atoms. The predicted molar refractivity (Wildman–Crippen MR) is 76.4 cm³/mol. The van der Waals surface area contributed by atoms with E-state index in [0.29, 0.717) is 6.42 Å². The van der Waals surface area contributed by atoms with E-state index in [4.69, 9.17) is 19.6 Å². The highest BCUT2D eigenvalue weighted by Crippen LogP contribution is 2.29. The highest BCUT2D eigenvalue weighted by atomic mass is 17.3. The second kappa shape index (κ2) is 7.58. The number of hydrogen-bond donors (Lipinski definition) is 0. The van der Waals surface area contributed by atoms with Gasteiger partial charge in [0.2, 0.25) is 5.79 Å². The summed E-state index contributed by atoms with van der Waals surface area (Å²) in [6, 6.07) is 0. The number of unbranched alkanes of at least 4 members (excludes halogenated alkanes) is 1. The second-order valence-corrected chi connectivity index (χ2v) is 6.93. The molecule has 0 aliphatic rings. The Labute approximate surface area is 118 Å². The molecule has 0 N–H and O–H groups in total. The van der Waals surface area contributed by atoms with E-state index in [1.165, 1.54) is 0 Å². The average molecular weight is 276 g/mol. The van der Waals surface area contributed by atoms with Crippen LogP contribution in [-0.2, 0) is 19.6 Å². The van der Waals surface area contributed by atoms with Crippen molar-refractivity contribution < 1.29 is 19.6 Å². The molecule has 4 heteroatoms. The van der Waals surface area contributed by atoms with Gasteiger partial charge in [0.1, 0.15) is 0 Å². The Bertz CT molecular complexity index is 220. The van der Waals surface area contributed by atoms with Crippen molar-refractivity contribution in [2.45, 2.75) is 98.1 Å². The van der Waals surface area contributed by atoms with E-state index in [1.54, 1.807) is 0 Å². The van der Waals surface area contributed by atoms with Gasteiger partial charge in [-0.1, -0.05) is 20.3 Å². The fraction of sp³-hybridized carbons (Fsp3) is 1.00. The maximum atomic E-state index is 5.59. The zero-order valence-corrected chi connectivity index (χ0v) is 14.0. The van der Waals surface area contributed by atoms with Crippen LogP contribution in [-0.4, -0.2) is 17.0 Å². The van der Waals surface area contributed by atoms with Crippen LogP contribution in [0.2, 0.25) is 0 Å². The van der Waals surface area contributed by atoms with Crippen molar-refractivity contribution >= 4 is 0 Å². The molecule has 0 aliphatic carbocycles. The third-order valence-electron chi connectivity index (χ3n) is 2.34. The Balaban J connectivity index is 4.67. The van der Waals surface area contributed by atoms with Crippen molar-refractivity contribution in [3.05, 3.63) is 0 Å². The smallest absolute Gasteiger partial charge is 0.228 e. The van der Waals surface area contributed by atoms with Crippen molar-refractivity contribution in [2.75, 3.05) is 0 Å². The molecular formula is C15H32O4. The Morgan fingerprint density at radius 3 is 1.37 bits per heavy atom. The van der Waals surface area contributed by atoms with E-state index in [0.717, 1.165) is 19.3 Å². The van der Waals surface area contributed by atoms with Crippen molar-refractivity contribution in [3.8, 4) is 0 Å². The molecule has 0 spiro atoms. The molecule has 0 aromatic carbocycles. The van der Waals surface area contributed by atoms with Gasteiger partial charge < -0.3 is 0 Å². The number of rotatable bonds is 8. The van der Waals surface area contributed by atoms with Gasteiger partial charge in [-0.2, -0.15) is 9.78 Å². The lowest BCUT2D eigenvalue weighted by Gasteiger charge is -2.34. The highest BCUT2D eigenvalue weighted by Gasteiger charge is 2.36. The van der Waals surface area contributed by atoms with Crippen LogP contribution in [0, 0.1) is 0 Å². The summed E-state index contributed by atoms with van der Waals surface area (Å²) in [7, 11) is 0. The molecule has 0 radical (unpaired) electrons. The van der Waals surface area contributed by atoms with Gasteiger partial charge in [0.05, 0.1) is 11.2 Å². The molecule has 0 aliphatic heterocycles. The van der Waals surface area contributed by atoms with Crippen LogP contribution in [0.1, 0.15) is 81.1 Å². The molecule has 0 amide bonds. The normalized spacial score (nSPS) is 13.9. The lowest BCUT2D eigenvalue weighted by atomic mass is 10.1. The molecular weight excluding hydrogens is 244 g/mol. The van der Waals surface area contributed by atoms with Crippen LogP contribution in [0.3, 0.4) is 0 Å². The number of hydrogen-bond acceptors (Lipinski definition) is 4. The van der Waals surface area contributed by atoms with Crippen LogP contribution >= 0.6 is 0 Å². The quantitative estimate of drug-likeness (QED) is 0.363. The second-order valence-electron chi connectivity index (χ2n) is 6.93. The molecule has 0 aromatic rings. The maximum absolute atomic E-state index is 5.59. The van der Waals surface area contributed by atoms with Gasteiger partial charge in [-0.25, -0.2) is 9.78 Å². The third-order valence-corrected chi connectivity index (χ3v) is 2.34. The van der Waals surface area contributed by atoms with Gasteiger partial charge in [0.15, 0.2) is 0 Å². The predicted octanol–water partition coefficient (Wildman–Crippen LogP) is 4.78. The molecule has 0 unspecified atom stereocenters. The molecule has 0 saturated heterocycles. The van der Waals surface area contributed by atoms with E-state index in [1.807, 2.05) is 48.5 Å². The first-order chi connectivity index (χ1) is 8.54. The maximum Gasteiger partial charge on any atom is 0.233 e. The minimum Gasteiger partial charge on any atom is -0.228 e. The van der Waals surface area contributed by atoms with Gasteiger partial charge in [0, 0.05) is 12.8 Å². The summed E-state index contributed by atoms with van der Waals surface area (Å²) in [5, 5.41) is 0. The van der Waals surface area contributed by atoms with E-state index in [9.17, 15) is 0 Å². The van der Waals surface area contributed by atoms with Gasteiger partial charge in [-0.3, -0.25) is 0 Å². The molecule has 116 valence electrons. The summed E-state index contributed by atoms with van der Waals surface area (Å²) in [4.78, 5) is 22.1. The van der Waals surface area contributed by atoms with Gasteiger partial charge in [-0.15, -0.1) is 0 Å². The Morgan fingerprint density at radius 2 is 1.11 bits per heavy atom. The Morgan fingerprint density at radius 1 is 0.684 bits per heavy atom. The van der Waals surface area contributed by atoms with Crippen molar-refractivity contribution in [2.24, 2.45) is 0 Å². The van der Waals surface area contributed by atoms with Gasteiger partial charge >= 0.3 is 0 Å². The topological polar surface area (TPSA) is 36.9 Å². The fourth-order valence-electron chi connectivity index (χ4n) is 1.24. The minimum absolute atomic E-state index is 0.377. The largest absolute Gasteiger partial charge is 0.233 e. The lowest BCUT2D eigenvalue weighted by Crippen LogP contribution is -2.40. The van der Waals surface area contributed by atoms with Gasteiger partial charge in [-0.05, 0) is 48.0 Å². The summed E-state index contributed by atoms with van der Waals surface area (Å²) < 4.78 is 0. The first kappa shape index (κ1) is 18.8. The SMILES string of the molecule is CCCCC(CC)(OOC(C)(C)C)OOC(C)(C)C. The van der Waals surface area contributed by atoms with Crippen LogP contribution in [0.25, 0.3) is 0 Å². The van der Waals surface area contributed by atoms with Crippen LogP contribution in [0.4, 0.5) is 0 Å². The Kier molecular flexibility index (Phi) is 7.51. The molecule has 0 bridgehead atoms. The summed E-state index contributed by atoms with van der Waals surface area (Å²) >= 11 is 0. The molecule has 0 heterocycles. The van der Waals surface area contributed by atoms with Crippen LogP contribution in [0.5, 0.6) is 0 Å². The average Bonchev–Trinajstić information content (AvgIpc) is 2.26. The standard InChI is InChI=1S/C15H32O4/c1-9-11-12-15(10-2,18-16-13(3,4)5)19-17-14(6,7)8/h9-12H2,1-8H3. The van der Waals surface area contributed by atoms with E-state index >= 15 is 0 Å². The van der Waals surface area contributed by atoms with Crippen molar-refractivity contribution in [1.82, 2.24) is 0 Å². The first-order valence-electron chi connectivity index (χ1n) is 7.27. The summed E-state index contributed by atoms with van der Waals surface area (Å²) in [6.45, 7) is 15.8. The Hall–Kier alpha value is -0.160.